The van der Waals surface area contributed by atoms with E-state index >= 15 is 0 Å². The van der Waals surface area contributed by atoms with Crippen LogP contribution < -0.4 is 5.56 Å². The fourth-order valence-corrected chi connectivity index (χ4v) is 2.91. The molecule has 8 heteroatoms. The van der Waals surface area contributed by atoms with E-state index in [1.807, 2.05) is 26.0 Å². The topological polar surface area (TPSA) is 102 Å². The summed E-state index contributed by atoms with van der Waals surface area (Å²) in [6.45, 7) is 3.90. The third kappa shape index (κ3) is 3.03. The van der Waals surface area contributed by atoms with Crippen LogP contribution in [0.1, 0.15) is 22.3 Å². The van der Waals surface area contributed by atoms with Crippen LogP contribution in [0.3, 0.4) is 0 Å². The predicted octanol–water partition coefficient (Wildman–Crippen LogP) is 3.49. The van der Waals surface area contributed by atoms with Gasteiger partial charge in [-0.15, -0.1) is 0 Å². The highest BCUT2D eigenvalue weighted by atomic mass is 35.5. The molecule has 26 heavy (non-hydrogen) atoms. The molecule has 1 aromatic carbocycles. The van der Waals surface area contributed by atoms with Crippen molar-refractivity contribution in [2.45, 2.75) is 20.4 Å². The van der Waals surface area contributed by atoms with Crippen molar-refractivity contribution in [2.24, 2.45) is 0 Å². The molecule has 7 nitrogen and oxygen atoms in total. The fourth-order valence-electron chi connectivity index (χ4n) is 2.72. The van der Waals surface area contributed by atoms with Gasteiger partial charge in [0.25, 0.3) is 11.2 Å². The average Bonchev–Trinajstić information content (AvgIpc) is 2.61. The van der Waals surface area contributed by atoms with E-state index in [4.69, 9.17) is 16.9 Å². The summed E-state index contributed by atoms with van der Waals surface area (Å²) in [5, 5.41) is 21.1. The Balaban J connectivity index is 2.15. The molecule has 3 aromatic rings. The molecule has 0 saturated carbocycles. The van der Waals surface area contributed by atoms with Crippen LogP contribution in [0.4, 0.5) is 5.69 Å². The monoisotopic (exact) mass is 368 g/mol. The van der Waals surface area contributed by atoms with E-state index in [0.29, 0.717) is 5.56 Å². The molecule has 0 N–H and O–H groups in total. The molecule has 0 fully saturated rings. The number of nitrogens with zero attached hydrogens (tertiary/aromatic N) is 4. The smallest absolute Gasteiger partial charge is 0.287 e. The molecule has 0 unspecified atom stereocenters. The lowest BCUT2D eigenvalue weighted by atomic mass is 10.0. The summed E-state index contributed by atoms with van der Waals surface area (Å²) < 4.78 is 1.10. The van der Waals surface area contributed by atoms with Crippen LogP contribution in [-0.2, 0) is 6.54 Å². The van der Waals surface area contributed by atoms with Crippen LogP contribution in [0, 0.1) is 35.3 Å². The quantitative estimate of drug-likeness (QED) is 0.400. The number of benzene rings is 1. The molecule has 130 valence electrons. The Labute approximate surface area is 153 Å². The lowest BCUT2D eigenvalue weighted by Crippen LogP contribution is -2.23. The van der Waals surface area contributed by atoms with Gasteiger partial charge in [0.1, 0.15) is 16.8 Å². The van der Waals surface area contributed by atoms with Crippen LogP contribution in [0.2, 0.25) is 5.15 Å². The highest BCUT2D eigenvalue weighted by molar-refractivity contribution is 6.30. The van der Waals surface area contributed by atoms with Gasteiger partial charge >= 0.3 is 0 Å². The third-order valence-corrected chi connectivity index (χ3v) is 4.61. The summed E-state index contributed by atoms with van der Waals surface area (Å²) in [5.74, 6) is 0. The van der Waals surface area contributed by atoms with E-state index in [9.17, 15) is 14.9 Å². The first kappa shape index (κ1) is 17.6. The van der Waals surface area contributed by atoms with Gasteiger partial charge in [0, 0.05) is 17.0 Å². The Hall–Kier alpha value is -3.24. The molecular formula is C18H13ClN4O3. The van der Waals surface area contributed by atoms with Crippen LogP contribution >= 0.6 is 11.6 Å². The van der Waals surface area contributed by atoms with Gasteiger partial charge < -0.3 is 4.57 Å². The van der Waals surface area contributed by atoms with Gasteiger partial charge in [-0.3, -0.25) is 14.9 Å². The first-order valence-corrected chi connectivity index (χ1v) is 8.04. The van der Waals surface area contributed by atoms with Crippen LogP contribution in [0.25, 0.3) is 10.9 Å². The van der Waals surface area contributed by atoms with Gasteiger partial charge in [-0.05, 0) is 31.0 Å². The minimum Gasteiger partial charge on any atom is -0.303 e. The maximum Gasteiger partial charge on any atom is 0.287 e. The standard InChI is InChI=1S/C18H13ClN4O3/c1-10-3-4-12-5-14(17(19)21-16(12)11(10)2)8-22-9-15(23(25)26)6-13(7-20)18(22)24/h3-6,9H,8H2,1-2H3. The van der Waals surface area contributed by atoms with Gasteiger partial charge in [-0.2, -0.15) is 5.26 Å². The molecule has 0 atom stereocenters. The highest BCUT2D eigenvalue weighted by Gasteiger charge is 2.16. The maximum absolute atomic E-state index is 12.3. The van der Waals surface area contributed by atoms with Crippen molar-refractivity contribution < 1.29 is 4.92 Å². The van der Waals surface area contributed by atoms with Crippen molar-refractivity contribution in [3.63, 3.8) is 0 Å². The lowest BCUT2D eigenvalue weighted by molar-refractivity contribution is -0.385. The molecule has 0 aliphatic heterocycles. The molecular weight excluding hydrogens is 356 g/mol. The molecule has 0 saturated heterocycles. The van der Waals surface area contributed by atoms with Crippen molar-refractivity contribution in [3.05, 3.63) is 78.3 Å². The van der Waals surface area contributed by atoms with E-state index in [-0.39, 0.29) is 22.9 Å². The first-order chi connectivity index (χ1) is 12.3. The Morgan fingerprint density at radius 1 is 1.35 bits per heavy atom. The molecule has 2 aromatic heterocycles. The van der Waals surface area contributed by atoms with Gasteiger partial charge in [0.2, 0.25) is 0 Å². The third-order valence-electron chi connectivity index (χ3n) is 4.28. The second kappa shape index (κ2) is 6.58. The number of halogens is 1. The Bertz CT molecular complexity index is 1160. The number of hydrogen-bond donors (Lipinski definition) is 0. The van der Waals surface area contributed by atoms with E-state index in [0.717, 1.165) is 38.9 Å². The number of aromatic nitrogens is 2. The zero-order valence-electron chi connectivity index (χ0n) is 14.0. The normalized spacial score (nSPS) is 10.7. The van der Waals surface area contributed by atoms with Crippen molar-refractivity contribution in [1.29, 1.82) is 5.26 Å². The van der Waals surface area contributed by atoms with Crippen molar-refractivity contribution >= 4 is 28.2 Å². The molecule has 0 aliphatic carbocycles. The second-order valence-electron chi connectivity index (χ2n) is 5.93. The van der Waals surface area contributed by atoms with Gasteiger partial charge in [-0.25, -0.2) is 4.98 Å². The van der Waals surface area contributed by atoms with Crippen LogP contribution in [0.5, 0.6) is 0 Å². The molecule has 0 amide bonds. The summed E-state index contributed by atoms with van der Waals surface area (Å²) in [6.07, 6.45) is 1.10. The molecule has 0 spiro atoms. The maximum atomic E-state index is 12.3. The number of rotatable bonds is 3. The van der Waals surface area contributed by atoms with Crippen LogP contribution in [-0.4, -0.2) is 14.5 Å². The average molecular weight is 369 g/mol. The predicted molar refractivity (Wildman–Crippen MR) is 97.4 cm³/mol. The highest BCUT2D eigenvalue weighted by Crippen LogP contribution is 2.25. The number of nitro groups is 1. The number of pyridine rings is 2. The summed E-state index contributed by atoms with van der Waals surface area (Å²) in [7, 11) is 0. The SMILES string of the molecule is Cc1ccc2cc(Cn3cc([N+](=O)[O-])cc(C#N)c3=O)c(Cl)nc2c1C. The number of fused-ring (bicyclic) bond motifs is 1. The van der Waals surface area contributed by atoms with E-state index in [1.54, 1.807) is 12.1 Å². The summed E-state index contributed by atoms with van der Waals surface area (Å²) in [5.41, 5.74) is 2.15. The lowest BCUT2D eigenvalue weighted by Gasteiger charge is -2.11. The summed E-state index contributed by atoms with van der Waals surface area (Å²) in [6, 6.07) is 8.32. The fraction of sp³-hybridized carbons (Fsp3) is 0.167. The summed E-state index contributed by atoms with van der Waals surface area (Å²) in [4.78, 5) is 27.1. The molecule has 0 aliphatic rings. The Morgan fingerprint density at radius 2 is 2.08 bits per heavy atom. The van der Waals surface area contributed by atoms with Crippen LogP contribution in [0.15, 0.2) is 35.3 Å². The van der Waals surface area contributed by atoms with Crippen molar-refractivity contribution in [3.8, 4) is 6.07 Å². The van der Waals surface area contributed by atoms with Crippen molar-refractivity contribution in [2.75, 3.05) is 0 Å². The largest absolute Gasteiger partial charge is 0.303 e. The minimum atomic E-state index is -0.650. The zero-order valence-corrected chi connectivity index (χ0v) is 14.7. The minimum absolute atomic E-state index is 0.0239. The zero-order chi connectivity index (χ0) is 19.0. The van der Waals surface area contributed by atoms with Crippen molar-refractivity contribution in [1.82, 2.24) is 9.55 Å². The second-order valence-corrected chi connectivity index (χ2v) is 6.29. The van der Waals surface area contributed by atoms with Gasteiger partial charge in [0.15, 0.2) is 0 Å². The van der Waals surface area contributed by atoms with Gasteiger partial charge in [-0.1, -0.05) is 23.7 Å². The molecule has 2 heterocycles. The molecule has 0 bridgehead atoms. The number of aryl methyl sites for hydroxylation is 2. The Kier molecular flexibility index (Phi) is 4.45. The Morgan fingerprint density at radius 3 is 2.73 bits per heavy atom. The van der Waals surface area contributed by atoms with E-state index in [2.05, 4.69) is 4.98 Å². The van der Waals surface area contributed by atoms with E-state index < -0.39 is 10.5 Å². The number of nitriles is 1. The first-order valence-electron chi connectivity index (χ1n) is 7.66. The van der Waals surface area contributed by atoms with Gasteiger partial charge in [0.05, 0.1) is 23.2 Å². The molecule has 3 rings (SSSR count). The molecule has 0 radical (unpaired) electrons. The number of hydrogen-bond acceptors (Lipinski definition) is 5. The van der Waals surface area contributed by atoms with E-state index in [1.165, 1.54) is 0 Å². The summed E-state index contributed by atoms with van der Waals surface area (Å²) >= 11 is 6.28.